The first kappa shape index (κ1) is 14.3. The zero-order chi connectivity index (χ0) is 14.5. The molecule has 108 valence electrons. The van der Waals surface area contributed by atoms with Crippen molar-refractivity contribution in [3.05, 3.63) is 29.8 Å². The Morgan fingerprint density at radius 2 is 2.20 bits per heavy atom. The molecule has 0 aliphatic rings. The van der Waals surface area contributed by atoms with E-state index in [1.165, 1.54) is 5.56 Å². The third-order valence-electron chi connectivity index (χ3n) is 3.18. The summed E-state index contributed by atoms with van der Waals surface area (Å²) in [4.78, 5) is 2.14. The molecule has 1 unspecified atom stereocenters. The monoisotopic (exact) mass is 276 g/mol. The van der Waals surface area contributed by atoms with Crippen LogP contribution < -0.4 is 10.1 Å². The molecule has 0 saturated carbocycles. The highest BCUT2D eigenvalue weighted by Gasteiger charge is 2.15. The molecule has 0 amide bonds. The molecule has 1 atom stereocenters. The fraction of sp³-hybridized carbons (Fsp3) is 0.462. The van der Waals surface area contributed by atoms with E-state index in [1.54, 1.807) is 18.8 Å². The predicted octanol–water partition coefficient (Wildman–Crippen LogP) is 0.933. The van der Waals surface area contributed by atoms with Gasteiger partial charge in [-0.05, 0) is 42.2 Å². The van der Waals surface area contributed by atoms with Crippen molar-refractivity contribution in [1.29, 1.82) is 0 Å². The number of likely N-dealkylation sites (N-methyl/N-ethyl adjacent to an activating group) is 1. The van der Waals surface area contributed by atoms with E-state index in [4.69, 9.17) is 4.74 Å². The van der Waals surface area contributed by atoms with E-state index in [1.807, 2.05) is 32.3 Å². The molecule has 0 radical (unpaired) electrons. The maximum absolute atomic E-state index is 5.28. The molecule has 0 saturated heterocycles. The van der Waals surface area contributed by atoms with Crippen LogP contribution in [0.3, 0.4) is 0 Å². The van der Waals surface area contributed by atoms with Crippen LogP contribution in [0.15, 0.2) is 24.3 Å². The second kappa shape index (κ2) is 6.33. The largest absolute Gasteiger partial charge is 0.497 e. The lowest BCUT2D eigenvalue weighted by Crippen LogP contribution is -2.27. The van der Waals surface area contributed by atoms with E-state index >= 15 is 0 Å². The van der Waals surface area contributed by atoms with Crippen LogP contribution in [-0.2, 0) is 7.05 Å². The minimum atomic E-state index is 0.196. The van der Waals surface area contributed by atoms with Crippen molar-refractivity contribution in [2.75, 3.05) is 33.1 Å². The summed E-state index contributed by atoms with van der Waals surface area (Å²) >= 11 is 0. The average molecular weight is 276 g/mol. The quantitative estimate of drug-likeness (QED) is 0.846. The first-order valence-corrected chi connectivity index (χ1v) is 6.38. The van der Waals surface area contributed by atoms with Gasteiger partial charge in [-0.3, -0.25) is 0 Å². The van der Waals surface area contributed by atoms with Crippen LogP contribution in [0.4, 0.5) is 5.95 Å². The maximum atomic E-state index is 5.28. The highest BCUT2D eigenvalue weighted by molar-refractivity contribution is 5.32. The topological polar surface area (TPSA) is 68.1 Å². The molecule has 7 heteroatoms. The van der Waals surface area contributed by atoms with Gasteiger partial charge in [-0.15, -0.1) is 0 Å². The van der Waals surface area contributed by atoms with E-state index in [-0.39, 0.29) is 6.04 Å². The summed E-state index contributed by atoms with van der Waals surface area (Å²) in [6.45, 7) is 0.703. The van der Waals surface area contributed by atoms with Crippen molar-refractivity contribution in [2.24, 2.45) is 7.05 Å². The molecule has 2 aromatic rings. The summed E-state index contributed by atoms with van der Waals surface area (Å²) in [5.41, 5.74) is 1.18. The number of benzene rings is 1. The van der Waals surface area contributed by atoms with Crippen molar-refractivity contribution < 1.29 is 4.74 Å². The Kier molecular flexibility index (Phi) is 4.52. The van der Waals surface area contributed by atoms with Crippen LogP contribution in [0.25, 0.3) is 0 Å². The molecule has 0 aliphatic carbocycles. The number of ether oxygens (including phenoxy) is 1. The number of aromatic nitrogens is 4. The second-order valence-corrected chi connectivity index (χ2v) is 4.76. The van der Waals surface area contributed by atoms with Gasteiger partial charge in [0, 0.05) is 13.6 Å². The molecule has 2 rings (SSSR count). The van der Waals surface area contributed by atoms with Crippen molar-refractivity contribution in [3.63, 3.8) is 0 Å². The van der Waals surface area contributed by atoms with E-state index in [9.17, 15) is 0 Å². The molecule has 1 N–H and O–H groups in total. The zero-order valence-corrected chi connectivity index (χ0v) is 12.2. The molecular weight excluding hydrogens is 256 g/mol. The number of aryl methyl sites for hydroxylation is 1. The van der Waals surface area contributed by atoms with Gasteiger partial charge >= 0.3 is 0 Å². The van der Waals surface area contributed by atoms with Crippen LogP contribution >= 0.6 is 0 Å². The predicted molar refractivity (Wildman–Crippen MR) is 76.7 cm³/mol. The van der Waals surface area contributed by atoms with E-state index < -0.39 is 0 Å². The SMILES string of the molecule is COc1cccc(C(CNc2nnnn2C)N(C)C)c1. The minimum absolute atomic E-state index is 0.196. The number of tetrazole rings is 1. The van der Waals surface area contributed by atoms with Crippen LogP contribution in [-0.4, -0.2) is 52.9 Å². The summed E-state index contributed by atoms with van der Waals surface area (Å²) in [5, 5.41) is 14.6. The second-order valence-electron chi connectivity index (χ2n) is 4.76. The lowest BCUT2D eigenvalue weighted by molar-refractivity contribution is 0.310. The number of hydrogen-bond acceptors (Lipinski definition) is 6. The molecule has 0 spiro atoms. The molecule has 0 fully saturated rings. The van der Waals surface area contributed by atoms with Gasteiger partial charge in [-0.1, -0.05) is 17.2 Å². The van der Waals surface area contributed by atoms with E-state index in [0.717, 1.165) is 5.75 Å². The number of hydrogen-bond donors (Lipinski definition) is 1. The van der Waals surface area contributed by atoms with Gasteiger partial charge in [0.2, 0.25) is 5.95 Å². The lowest BCUT2D eigenvalue weighted by Gasteiger charge is -2.25. The van der Waals surface area contributed by atoms with Gasteiger partial charge < -0.3 is 15.0 Å². The Morgan fingerprint density at radius 3 is 2.80 bits per heavy atom. The van der Waals surface area contributed by atoms with Gasteiger partial charge in [0.05, 0.1) is 13.2 Å². The van der Waals surface area contributed by atoms with Gasteiger partial charge in [0.25, 0.3) is 0 Å². The van der Waals surface area contributed by atoms with Gasteiger partial charge in [0.1, 0.15) is 5.75 Å². The van der Waals surface area contributed by atoms with Crippen LogP contribution in [0.5, 0.6) is 5.75 Å². The number of nitrogens with zero attached hydrogens (tertiary/aromatic N) is 5. The maximum Gasteiger partial charge on any atom is 0.242 e. The number of rotatable bonds is 6. The number of methoxy groups -OCH3 is 1. The van der Waals surface area contributed by atoms with Gasteiger partial charge in [-0.25, -0.2) is 4.68 Å². The third-order valence-corrected chi connectivity index (χ3v) is 3.18. The fourth-order valence-corrected chi connectivity index (χ4v) is 2.01. The van der Waals surface area contributed by atoms with Gasteiger partial charge in [-0.2, -0.15) is 0 Å². The van der Waals surface area contributed by atoms with Crippen LogP contribution in [0.2, 0.25) is 0 Å². The summed E-state index contributed by atoms with van der Waals surface area (Å²) in [6.07, 6.45) is 0. The number of anilines is 1. The molecule has 0 bridgehead atoms. The summed E-state index contributed by atoms with van der Waals surface area (Å²) < 4.78 is 6.89. The van der Waals surface area contributed by atoms with E-state index in [0.29, 0.717) is 12.5 Å². The highest BCUT2D eigenvalue weighted by Crippen LogP contribution is 2.22. The molecule has 1 heterocycles. The van der Waals surface area contributed by atoms with Crippen molar-refractivity contribution in [1.82, 2.24) is 25.1 Å². The molecule has 0 aliphatic heterocycles. The number of nitrogens with one attached hydrogen (secondary N) is 1. The Balaban J connectivity index is 2.12. The minimum Gasteiger partial charge on any atom is -0.497 e. The Hall–Kier alpha value is -2.15. The Labute approximate surface area is 118 Å². The fourth-order valence-electron chi connectivity index (χ4n) is 2.01. The van der Waals surface area contributed by atoms with Crippen molar-refractivity contribution in [3.8, 4) is 5.75 Å². The first-order valence-electron chi connectivity index (χ1n) is 6.38. The normalized spacial score (nSPS) is 12.4. The van der Waals surface area contributed by atoms with Gasteiger partial charge in [0.15, 0.2) is 0 Å². The van der Waals surface area contributed by atoms with Crippen LogP contribution in [0.1, 0.15) is 11.6 Å². The summed E-state index contributed by atoms with van der Waals surface area (Å²) in [5.74, 6) is 1.51. The Morgan fingerprint density at radius 1 is 1.40 bits per heavy atom. The average Bonchev–Trinajstić information content (AvgIpc) is 2.84. The zero-order valence-electron chi connectivity index (χ0n) is 12.2. The molecule has 7 nitrogen and oxygen atoms in total. The van der Waals surface area contributed by atoms with Crippen molar-refractivity contribution in [2.45, 2.75) is 6.04 Å². The highest BCUT2D eigenvalue weighted by atomic mass is 16.5. The lowest BCUT2D eigenvalue weighted by atomic mass is 10.1. The molecule has 1 aromatic carbocycles. The van der Waals surface area contributed by atoms with Crippen LogP contribution in [0, 0.1) is 0 Å². The Bertz CT molecular complexity index is 553. The third kappa shape index (κ3) is 3.24. The molecular formula is C13H20N6O. The molecule has 20 heavy (non-hydrogen) atoms. The van der Waals surface area contributed by atoms with E-state index in [2.05, 4.69) is 31.8 Å². The summed E-state index contributed by atoms with van der Waals surface area (Å²) in [7, 11) is 7.56. The smallest absolute Gasteiger partial charge is 0.242 e. The summed E-state index contributed by atoms with van der Waals surface area (Å²) in [6, 6.07) is 8.26. The standard InChI is InChI=1S/C13H20N6O/c1-18(2)12(9-14-13-15-16-17-19(13)3)10-6-5-7-11(8-10)20-4/h5-8,12H,9H2,1-4H3,(H,14,15,17). The molecule has 1 aromatic heterocycles. The van der Waals surface area contributed by atoms with Crippen molar-refractivity contribution >= 4 is 5.95 Å². The first-order chi connectivity index (χ1) is 9.61.